The quantitative estimate of drug-likeness (QED) is 0.757. The second-order valence-electron chi connectivity index (χ2n) is 3.86. The summed E-state index contributed by atoms with van der Waals surface area (Å²) in [6.07, 6.45) is 0.797. The van der Waals surface area contributed by atoms with Gasteiger partial charge in [0.1, 0.15) is 0 Å². The lowest BCUT2D eigenvalue weighted by Crippen LogP contribution is -2.14. The first kappa shape index (κ1) is 13.5. The molecular formula is C12H12BrIN2S. The second kappa shape index (κ2) is 5.77. The SMILES string of the molecule is Cc1csc(CC(N)c2cc(Br)ccc2I)n1. The normalized spacial score (nSPS) is 12.7. The molecule has 1 aromatic carbocycles. The molecule has 1 aromatic heterocycles. The van der Waals surface area contributed by atoms with Crippen LogP contribution in [0.1, 0.15) is 22.3 Å². The van der Waals surface area contributed by atoms with Gasteiger partial charge in [0.25, 0.3) is 0 Å². The fourth-order valence-electron chi connectivity index (χ4n) is 1.59. The van der Waals surface area contributed by atoms with Crippen molar-refractivity contribution in [3.8, 4) is 0 Å². The first-order valence-corrected chi connectivity index (χ1v) is 7.93. The van der Waals surface area contributed by atoms with Gasteiger partial charge in [0.15, 0.2) is 0 Å². The van der Waals surface area contributed by atoms with Gasteiger partial charge in [-0.3, -0.25) is 0 Å². The first-order chi connectivity index (χ1) is 8.06. The van der Waals surface area contributed by atoms with Crippen LogP contribution in [0, 0.1) is 10.5 Å². The fraction of sp³-hybridized carbons (Fsp3) is 0.250. The molecule has 1 heterocycles. The fourth-order valence-corrected chi connectivity index (χ4v) is 3.54. The van der Waals surface area contributed by atoms with Gasteiger partial charge in [0, 0.05) is 31.6 Å². The summed E-state index contributed by atoms with van der Waals surface area (Å²) >= 11 is 7.48. The Morgan fingerprint density at radius 3 is 2.94 bits per heavy atom. The van der Waals surface area contributed by atoms with Gasteiger partial charge in [-0.25, -0.2) is 4.98 Å². The molecule has 0 aliphatic carbocycles. The Labute approximate surface area is 127 Å². The molecule has 0 radical (unpaired) electrons. The number of aryl methyl sites for hydroxylation is 1. The summed E-state index contributed by atoms with van der Waals surface area (Å²) in [6.45, 7) is 2.01. The molecule has 5 heteroatoms. The van der Waals surface area contributed by atoms with Crippen LogP contribution in [0.25, 0.3) is 0 Å². The van der Waals surface area contributed by atoms with Crippen molar-refractivity contribution in [1.29, 1.82) is 0 Å². The molecule has 0 aliphatic heterocycles. The van der Waals surface area contributed by atoms with Crippen LogP contribution in [0.2, 0.25) is 0 Å². The van der Waals surface area contributed by atoms with Crippen molar-refractivity contribution in [2.75, 3.05) is 0 Å². The molecule has 0 fully saturated rings. The van der Waals surface area contributed by atoms with E-state index < -0.39 is 0 Å². The number of hydrogen-bond donors (Lipinski definition) is 1. The Morgan fingerprint density at radius 2 is 2.29 bits per heavy atom. The standard InChI is InChI=1S/C12H12BrIN2S/c1-7-6-17-12(16-7)5-11(15)9-4-8(13)2-3-10(9)14/h2-4,6,11H,5,15H2,1H3. The van der Waals surface area contributed by atoms with Crippen LogP contribution in [0.3, 0.4) is 0 Å². The maximum absolute atomic E-state index is 6.25. The number of rotatable bonds is 3. The first-order valence-electron chi connectivity index (χ1n) is 5.18. The molecule has 2 aromatic rings. The van der Waals surface area contributed by atoms with Crippen LogP contribution in [0.5, 0.6) is 0 Å². The molecule has 2 N–H and O–H groups in total. The van der Waals surface area contributed by atoms with Crippen molar-refractivity contribution in [3.63, 3.8) is 0 Å². The number of hydrogen-bond acceptors (Lipinski definition) is 3. The summed E-state index contributed by atoms with van der Waals surface area (Å²) in [5, 5.41) is 3.17. The Balaban J connectivity index is 2.19. The average Bonchev–Trinajstić information content (AvgIpc) is 2.67. The van der Waals surface area contributed by atoms with Crippen LogP contribution < -0.4 is 5.73 Å². The minimum atomic E-state index is 0.00458. The molecule has 90 valence electrons. The predicted molar refractivity (Wildman–Crippen MR) is 84.3 cm³/mol. The van der Waals surface area contributed by atoms with E-state index in [1.165, 1.54) is 9.13 Å². The molecule has 0 saturated heterocycles. The smallest absolute Gasteiger partial charge is 0.0947 e. The van der Waals surface area contributed by atoms with Gasteiger partial charge < -0.3 is 5.73 Å². The average molecular weight is 423 g/mol. The summed E-state index contributed by atoms with van der Waals surface area (Å²) in [5.41, 5.74) is 8.49. The molecule has 2 rings (SSSR count). The lowest BCUT2D eigenvalue weighted by atomic mass is 10.1. The van der Waals surface area contributed by atoms with Gasteiger partial charge in [0.05, 0.1) is 5.01 Å². The minimum Gasteiger partial charge on any atom is -0.324 e. The Kier molecular flexibility index (Phi) is 4.57. The van der Waals surface area contributed by atoms with E-state index in [1.807, 2.05) is 13.0 Å². The van der Waals surface area contributed by atoms with E-state index >= 15 is 0 Å². The van der Waals surface area contributed by atoms with Crippen molar-refractivity contribution < 1.29 is 0 Å². The minimum absolute atomic E-state index is 0.00458. The molecule has 1 atom stereocenters. The number of halogens is 2. The van der Waals surface area contributed by atoms with E-state index in [9.17, 15) is 0 Å². The van der Waals surface area contributed by atoms with E-state index in [-0.39, 0.29) is 6.04 Å². The molecule has 0 bridgehead atoms. The summed E-state index contributed by atoms with van der Waals surface area (Å²) in [7, 11) is 0. The molecule has 0 amide bonds. The summed E-state index contributed by atoms with van der Waals surface area (Å²) in [4.78, 5) is 4.45. The maximum Gasteiger partial charge on any atom is 0.0947 e. The summed E-state index contributed by atoms with van der Waals surface area (Å²) in [6, 6.07) is 6.20. The zero-order valence-corrected chi connectivity index (χ0v) is 13.8. The van der Waals surface area contributed by atoms with Crippen molar-refractivity contribution in [1.82, 2.24) is 4.98 Å². The van der Waals surface area contributed by atoms with Crippen molar-refractivity contribution in [2.24, 2.45) is 5.73 Å². The number of nitrogens with two attached hydrogens (primary N) is 1. The van der Waals surface area contributed by atoms with Crippen LogP contribution in [-0.4, -0.2) is 4.98 Å². The van der Waals surface area contributed by atoms with Gasteiger partial charge in [-0.05, 0) is 53.3 Å². The van der Waals surface area contributed by atoms with Crippen LogP contribution in [-0.2, 0) is 6.42 Å². The van der Waals surface area contributed by atoms with Gasteiger partial charge in [-0.1, -0.05) is 15.9 Å². The van der Waals surface area contributed by atoms with E-state index in [1.54, 1.807) is 11.3 Å². The molecule has 0 saturated carbocycles. The Hall–Kier alpha value is 0.0200. The van der Waals surface area contributed by atoms with Crippen molar-refractivity contribution in [2.45, 2.75) is 19.4 Å². The topological polar surface area (TPSA) is 38.9 Å². The van der Waals surface area contributed by atoms with Gasteiger partial charge in [-0.15, -0.1) is 11.3 Å². The zero-order chi connectivity index (χ0) is 12.4. The number of thiazole rings is 1. The van der Waals surface area contributed by atoms with Crippen LogP contribution in [0.15, 0.2) is 28.1 Å². The molecular weight excluding hydrogens is 411 g/mol. The lowest BCUT2D eigenvalue weighted by Gasteiger charge is -2.13. The Morgan fingerprint density at radius 1 is 1.53 bits per heavy atom. The zero-order valence-electron chi connectivity index (χ0n) is 9.28. The van der Waals surface area contributed by atoms with E-state index in [0.29, 0.717) is 0 Å². The van der Waals surface area contributed by atoms with Gasteiger partial charge in [-0.2, -0.15) is 0 Å². The third-order valence-corrected chi connectivity index (χ3v) is 4.88. The molecule has 2 nitrogen and oxygen atoms in total. The molecule has 0 aliphatic rings. The highest BCUT2D eigenvalue weighted by Crippen LogP contribution is 2.26. The van der Waals surface area contributed by atoms with E-state index in [4.69, 9.17) is 5.73 Å². The summed E-state index contributed by atoms with van der Waals surface area (Å²) < 4.78 is 2.27. The number of nitrogens with zero attached hydrogens (tertiary/aromatic N) is 1. The molecule has 0 spiro atoms. The predicted octanol–water partition coefficient (Wildman–Crippen LogP) is 4.06. The number of aromatic nitrogens is 1. The van der Waals surface area contributed by atoms with Crippen molar-refractivity contribution >= 4 is 49.9 Å². The highest BCUT2D eigenvalue weighted by atomic mass is 127. The van der Waals surface area contributed by atoms with Crippen molar-refractivity contribution in [3.05, 3.63) is 47.9 Å². The maximum atomic E-state index is 6.25. The lowest BCUT2D eigenvalue weighted by molar-refractivity contribution is 0.712. The third kappa shape index (κ3) is 3.49. The van der Waals surface area contributed by atoms with Crippen LogP contribution in [0.4, 0.5) is 0 Å². The van der Waals surface area contributed by atoms with Gasteiger partial charge >= 0.3 is 0 Å². The summed E-state index contributed by atoms with van der Waals surface area (Å²) in [5.74, 6) is 0. The van der Waals surface area contributed by atoms with Gasteiger partial charge in [0.2, 0.25) is 0 Å². The van der Waals surface area contributed by atoms with E-state index in [2.05, 4.69) is 61.0 Å². The Bertz CT molecular complexity index is 527. The number of benzene rings is 1. The van der Waals surface area contributed by atoms with E-state index in [0.717, 1.165) is 21.6 Å². The molecule has 17 heavy (non-hydrogen) atoms. The van der Waals surface area contributed by atoms with Crippen LogP contribution >= 0.6 is 49.9 Å². The highest BCUT2D eigenvalue weighted by Gasteiger charge is 2.13. The largest absolute Gasteiger partial charge is 0.324 e. The second-order valence-corrected chi connectivity index (χ2v) is 6.88. The molecule has 1 unspecified atom stereocenters. The highest BCUT2D eigenvalue weighted by molar-refractivity contribution is 14.1. The third-order valence-electron chi connectivity index (χ3n) is 2.42. The monoisotopic (exact) mass is 422 g/mol.